The van der Waals surface area contributed by atoms with E-state index >= 15 is 0 Å². The highest BCUT2D eigenvalue weighted by Crippen LogP contribution is 2.03. The molecule has 15 heavy (non-hydrogen) atoms. The lowest BCUT2D eigenvalue weighted by Crippen LogP contribution is -2.18. The maximum Gasteiger partial charge on any atom is 0.123 e. The number of benzene rings is 1. The van der Waals surface area contributed by atoms with E-state index in [2.05, 4.69) is 11.2 Å². The highest BCUT2D eigenvalue weighted by atomic mass is 19.1. The third kappa shape index (κ3) is 5.19. The Labute approximate surface area is 90.7 Å². The van der Waals surface area contributed by atoms with Crippen molar-refractivity contribution in [3.63, 3.8) is 0 Å². The lowest BCUT2D eigenvalue weighted by atomic mass is 10.1. The maximum atomic E-state index is 12.8. The molecule has 1 nitrogen and oxygen atoms in total. The lowest BCUT2D eigenvalue weighted by Gasteiger charge is -2.03. The summed E-state index contributed by atoms with van der Waals surface area (Å²) < 4.78 is 12.8. The Balaban J connectivity index is 2.13. The van der Waals surface area contributed by atoms with Crippen molar-refractivity contribution < 1.29 is 4.39 Å². The van der Waals surface area contributed by atoms with Crippen LogP contribution < -0.4 is 5.32 Å². The number of halogens is 1. The molecule has 0 radical (unpaired) electrons. The number of rotatable bonds is 6. The van der Waals surface area contributed by atoms with Gasteiger partial charge in [0.25, 0.3) is 0 Å². The van der Waals surface area contributed by atoms with E-state index in [-0.39, 0.29) is 5.82 Å². The molecular weight excluding hydrogens is 189 g/mol. The second-order valence-corrected chi connectivity index (χ2v) is 3.44. The molecule has 0 amide bonds. The fraction of sp³-hybridized carbons (Fsp3) is 0.385. The summed E-state index contributed by atoms with van der Waals surface area (Å²) in [6, 6.07) is 6.71. The highest BCUT2D eigenvalue weighted by molar-refractivity contribution is 5.16. The van der Waals surface area contributed by atoms with Crippen LogP contribution in [0.5, 0.6) is 0 Å². The van der Waals surface area contributed by atoms with Crippen LogP contribution in [0.15, 0.2) is 24.3 Å². The first kappa shape index (κ1) is 11.7. The Morgan fingerprint density at radius 1 is 1.33 bits per heavy atom. The quantitative estimate of drug-likeness (QED) is 0.555. The van der Waals surface area contributed by atoms with Gasteiger partial charge in [0.15, 0.2) is 0 Å². The van der Waals surface area contributed by atoms with Crippen LogP contribution in [-0.2, 0) is 6.42 Å². The Hall–Kier alpha value is -1.33. The largest absolute Gasteiger partial charge is 0.316 e. The highest BCUT2D eigenvalue weighted by Gasteiger charge is 1.94. The first-order valence-electron chi connectivity index (χ1n) is 5.21. The van der Waals surface area contributed by atoms with Gasteiger partial charge in [0.1, 0.15) is 5.82 Å². The summed E-state index contributed by atoms with van der Waals surface area (Å²) in [6.07, 6.45) is 7.80. The van der Waals surface area contributed by atoms with E-state index in [1.165, 1.54) is 6.07 Å². The lowest BCUT2D eigenvalue weighted by molar-refractivity contribution is 0.621. The van der Waals surface area contributed by atoms with Crippen LogP contribution in [0, 0.1) is 18.2 Å². The predicted molar refractivity (Wildman–Crippen MR) is 61.0 cm³/mol. The molecule has 0 saturated heterocycles. The van der Waals surface area contributed by atoms with Crippen LogP contribution in [0.1, 0.15) is 18.4 Å². The summed E-state index contributed by atoms with van der Waals surface area (Å²) in [6.45, 7) is 1.80. The molecule has 1 N–H and O–H groups in total. The zero-order chi connectivity index (χ0) is 10.9. The van der Waals surface area contributed by atoms with Crippen molar-refractivity contribution in [1.29, 1.82) is 0 Å². The van der Waals surface area contributed by atoms with Crippen molar-refractivity contribution in [3.8, 4) is 12.3 Å². The van der Waals surface area contributed by atoms with Gasteiger partial charge in [-0.3, -0.25) is 0 Å². The summed E-state index contributed by atoms with van der Waals surface area (Å²) in [5.74, 6) is 2.43. The zero-order valence-electron chi connectivity index (χ0n) is 8.80. The molecule has 80 valence electrons. The molecule has 1 aromatic rings. The maximum absolute atomic E-state index is 12.8. The minimum atomic E-state index is -0.167. The molecule has 1 aromatic carbocycles. The standard InChI is InChI=1S/C13H16FN/c1-2-3-4-9-15-10-8-12-6-5-7-13(14)11-12/h1,5-7,11,15H,3-4,8-10H2. The number of terminal acetylenes is 1. The number of hydrogen-bond acceptors (Lipinski definition) is 1. The van der Waals surface area contributed by atoms with Crippen molar-refractivity contribution in [1.82, 2.24) is 5.32 Å². The molecule has 0 aliphatic carbocycles. The predicted octanol–water partition coefficient (Wildman–Crippen LogP) is 2.37. The fourth-order valence-electron chi connectivity index (χ4n) is 1.37. The van der Waals surface area contributed by atoms with E-state index in [0.717, 1.165) is 37.9 Å². The Morgan fingerprint density at radius 3 is 2.93 bits per heavy atom. The van der Waals surface area contributed by atoms with Crippen molar-refractivity contribution in [2.45, 2.75) is 19.3 Å². The van der Waals surface area contributed by atoms with Gasteiger partial charge in [-0.05, 0) is 43.6 Å². The van der Waals surface area contributed by atoms with Gasteiger partial charge >= 0.3 is 0 Å². The van der Waals surface area contributed by atoms with Crippen LogP contribution in [0.4, 0.5) is 4.39 Å². The van der Waals surface area contributed by atoms with E-state index in [1.54, 1.807) is 12.1 Å². The van der Waals surface area contributed by atoms with Crippen molar-refractivity contribution in [2.75, 3.05) is 13.1 Å². The van der Waals surface area contributed by atoms with Crippen molar-refractivity contribution in [3.05, 3.63) is 35.6 Å². The average Bonchev–Trinajstić information content (AvgIpc) is 2.23. The smallest absolute Gasteiger partial charge is 0.123 e. The van der Waals surface area contributed by atoms with E-state index in [0.29, 0.717) is 0 Å². The molecule has 0 unspecified atom stereocenters. The summed E-state index contributed by atoms with van der Waals surface area (Å²) in [5, 5.41) is 3.27. The molecule has 0 saturated carbocycles. The molecule has 0 spiro atoms. The van der Waals surface area contributed by atoms with Gasteiger partial charge < -0.3 is 5.32 Å². The molecule has 0 bridgehead atoms. The molecule has 1 rings (SSSR count). The van der Waals surface area contributed by atoms with Crippen LogP contribution in [0.25, 0.3) is 0 Å². The van der Waals surface area contributed by atoms with Crippen LogP contribution >= 0.6 is 0 Å². The summed E-state index contributed by atoms with van der Waals surface area (Å²) >= 11 is 0. The first-order chi connectivity index (χ1) is 7.33. The molecule has 0 aromatic heterocycles. The van der Waals surface area contributed by atoms with Gasteiger partial charge in [-0.1, -0.05) is 12.1 Å². The van der Waals surface area contributed by atoms with Crippen LogP contribution in [-0.4, -0.2) is 13.1 Å². The van der Waals surface area contributed by atoms with Crippen molar-refractivity contribution in [2.24, 2.45) is 0 Å². The van der Waals surface area contributed by atoms with E-state index in [4.69, 9.17) is 6.42 Å². The third-order valence-corrected chi connectivity index (χ3v) is 2.15. The fourth-order valence-corrected chi connectivity index (χ4v) is 1.37. The monoisotopic (exact) mass is 205 g/mol. The van der Waals surface area contributed by atoms with Gasteiger partial charge in [0.2, 0.25) is 0 Å². The summed E-state index contributed by atoms with van der Waals surface area (Å²) in [5.41, 5.74) is 1.03. The minimum absolute atomic E-state index is 0.167. The molecule has 2 heteroatoms. The second kappa shape index (κ2) is 7.03. The number of nitrogens with one attached hydrogen (secondary N) is 1. The molecule has 0 atom stereocenters. The summed E-state index contributed by atoms with van der Waals surface area (Å²) in [4.78, 5) is 0. The third-order valence-electron chi connectivity index (χ3n) is 2.15. The van der Waals surface area contributed by atoms with E-state index in [1.807, 2.05) is 6.07 Å². The van der Waals surface area contributed by atoms with Crippen LogP contribution in [0.2, 0.25) is 0 Å². The van der Waals surface area contributed by atoms with Gasteiger partial charge in [0, 0.05) is 6.42 Å². The SMILES string of the molecule is C#CCCCNCCc1cccc(F)c1. The average molecular weight is 205 g/mol. The first-order valence-corrected chi connectivity index (χ1v) is 5.21. The molecule has 0 aliphatic rings. The normalized spacial score (nSPS) is 9.87. The van der Waals surface area contributed by atoms with Crippen LogP contribution in [0.3, 0.4) is 0 Å². The Bertz CT molecular complexity index is 328. The molecule has 0 heterocycles. The van der Waals surface area contributed by atoms with Gasteiger partial charge in [-0.25, -0.2) is 4.39 Å². The van der Waals surface area contributed by atoms with Gasteiger partial charge in [-0.2, -0.15) is 0 Å². The Morgan fingerprint density at radius 2 is 2.20 bits per heavy atom. The van der Waals surface area contributed by atoms with E-state index in [9.17, 15) is 4.39 Å². The zero-order valence-corrected chi connectivity index (χ0v) is 8.80. The van der Waals surface area contributed by atoms with Gasteiger partial charge in [0.05, 0.1) is 0 Å². The molecule has 0 aliphatic heterocycles. The molecule has 0 fully saturated rings. The van der Waals surface area contributed by atoms with Gasteiger partial charge in [-0.15, -0.1) is 12.3 Å². The minimum Gasteiger partial charge on any atom is -0.316 e. The summed E-state index contributed by atoms with van der Waals surface area (Å²) in [7, 11) is 0. The number of hydrogen-bond donors (Lipinski definition) is 1. The second-order valence-electron chi connectivity index (χ2n) is 3.44. The molecular formula is C13H16FN. The Kier molecular flexibility index (Phi) is 5.50. The number of unbranched alkanes of at least 4 members (excludes halogenated alkanes) is 1. The topological polar surface area (TPSA) is 12.0 Å². The van der Waals surface area contributed by atoms with E-state index < -0.39 is 0 Å². The van der Waals surface area contributed by atoms with Crippen molar-refractivity contribution >= 4 is 0 Å².